The lowest BCUT2D eigenvalue weighted by Gasteiger charge is -2.35. The molecule has 0 radical (unpaired) electrons. The van der Waals surface area contributed by atoms with Crippen LogP contribution in [0.2, 0.25) is 0 Å². The second-order valence-corrected chi connectivity index (χ2v) is 7.14. The first-order chi connectivity index (χ1) is 14.0. The predicted octanol–water partition coefficient (Wildman–Crippen LogP) is 1.95. The van der Waals surface area contributed by atoms with Gasteiger partial charge in [-0.1, -0.05) is 12.1 Å². The Labute approximate surface area is 170 Å². The van der Waals surface area contributed by atoms with E-state index in [0.29, 0.717) is 62.8 Å². The van der Waals surface area contributed by atoms with Crippen LogP contribution in [0.5, 0.6) is 0 Å². The van der Waals surface area contributed by atoms with Crippen LogP contribution in [-0.4, -0.2) is 82.1 Å². The highest BCUT2D eigenvalue weighted by Crippen LogP contribution is 2.19. The molecule has 2 aromatic rings. The smallest absolute Gasteiger partial charge is 0.257 e. The molecule has 2 heterocycles. The second kappa shape index (κ2) is 9.17. The monoisotopic (exact) mass is 401 g/mol. The molecule has 1 saturated heterocycles. The summed E-state index contributed by atoms with van der Waals surface area (Å²) < 4.78 is 15.5. The van der Waals surface area contributed by atoms with Gasteiger partial charge in [-0.25, -0.2) is 9.07 Å². The summed E-state index contributed by atoms with van der Waals surface area (Å²) in [5.74, 6) is -0.374. The minimum atomic E-state index is -0.385. The topological polar surface area (TPSA) is 61.7 Å². The molecule has 1 aromatic heterocycles. The average molecular weight is 401 g/mol. The number of aromatic nitrogens is 2. The second-order valence-electron chi connectivity index (χ2n) is 7.14. The molecule has 2 amide bonds. The zero-order valence-corrected chi connectivity index (χ0v) is 17.3. The normalized spacial score (nSPS) is 14.8. The molecule has 3 rings (SSSR count). The molecular weight excluding hydrogens is 373 g/mol. The number of hydrogen-bond donors (Lipinski definition) is 0. The molecule has 0 saturated carbocycles. The van der Waals surface area contributed by atoms with Gasteiger partial charge in [0.05, 0.1) is 24.0 Å². The maximum atomic E-state index is 14.1. The highest BCUT2D eigenvalue weighted by atomic mass is 19.1. The van der Waals surface area contributed by atoms with Gasteiger partial charge in [0.25, 0.3) is 5.91 Å². The number of hydrogen-bond acceptors (Lipinski definition) is 4. The lowest BCUT2D eigenvalue weighted by Crippen LogP contribution is -2.51. The van der Waals surface area contributed by atoms with Crippen molar-refractivity contribution in [2.75, 3.05) is 45.8 Å². The van der Waals surface area contributed by atoms with Crippen molar-refractivity contribution in [3.8, 4) is 5.69 Å². The summed E-state index contributed by atoms with van der Waals surface area (Å²) in [6.07, 6.45) is 1.50. The van der Waals surface area contributed by atoms with Crippen LogP contribution in [0.4, 0.5) is 4.39 Å². The number of benzene rings is 1. The molecule has 0 spiro atoms. The summed E-state index contributed by atoms with van der Waals surface area (Å²) in [6.45, 7) is 9.92. The quantitative estimate of drug-likeness (QED) is 0.742. The highest BCUT2D eigenvalue weighted by molar-refractivity contribution is 5.95. The van der Waals surface area contributed by atoms with Crippen LogP contribution in [-0.2, 0) is 4.79 Å². The van der Waals surface area contributed by atoms with Crippen molar-refractivity contribution in [2.45, 2.75) is 20.8 Å². The van der Waals surface area contributed by atoms with E-state index >= 15 is 0 Å². The van der Waals surface area contributed by atoms with E-state index in [9.17, 15) is 14.0 Å². The van der Waals surface area contributed by atoms with E-state index in [0.717, 1.165) is 0 Å². The largest absolute Gasteiger partial charge is 0.342 e. The van der Waals surface area contributed by atoms with Gasteiger partial charge in [0, 0.05) is 39.3 Å². The van der Waals surface area contributed by atoms with E-state index in [2.05, 4.69) is 10.00 Å². The molecule has 0 unspecified atom stereocenters. The fourth-order valence-electron chi connectivity index (χ4n) is 3.63. The van der Waals surface area contributed by atoms with Crippen molar-refractivity contribution in [1.29, 1.82) is 0 Å². The van der Waals surface area contributed by atoms with Crippen molar-refractivity contribution in [3.63, 3.8) is 0 Å². The first-order valence-electron chi connectivity index (χ1n) is 10.0. The van der Waals surface area contributed by atoms with Crippen LogP contribution in [0, 0.1) is 12.7 Å². The van der Waals surface area contributed by atoms with Crippen molar-refractivity contribution in [3.05, 3.63) is 47.5 Å². The van der Waals surface area contributed by atoms with Crippen LogP contribution in [0.15, 0.2) is 30.5 Å². The SMILES string of the molecule is CCN(CC)C(=O)CN1CCN(C(=O)c2cnn(-c3ccccc3F)c2C)CC1. The Morgan fingerprint density at radius 2 is 1.76 bits per heavy atom. The number of likely N-dealkylation sites (N-methyl/N-ethyl adjacent to an activating group) is 1. The molecule has 0 bridgehead atoms. The standard InChI is InChI=1S/C21H28FN5O2/c1-4-25(5-2)20(28)15-24-10-12-26(13-11-24)21(29)17-14-23-27(16(17)3)19-9-7-6-8-18(19)22/h6-9,14H,4-5,10-13,15H2,1-3H3. The Kier molecular flexibility index (Phi) is 6.64. The zero-order chi connectivity index (χ0) is 21.0. The third-order valence-corrected chi connectivity index (χ3v) is 5.46. The number of amides is 2. The van der Waals surface area contributed by atoms with Gasteiger partial charge in [-0.3, -0.25) is 14.5 Å². The van der Waals surface area contributed by atoms with Gasteiger partial charge >= 0.3 is 0 Å². The van der Waals surface area contributed by atoms with E-state index in [1.165, 1.54) is 16.9 Å². The van der Waals surface area contributed by atoms with Crippen molar-refractivity contribution in [1.82, 2.24) is 24.5 Å². The number of nitrogens with zero attached hydrogens (tertiary/aromatic N) is 5. The third-order valence-electron chi connectivity index (χ3n) is 5.46. The summed E-state index contributed by atoms with van der Waals surface area (Å²) in [7, 11) is 0. The minimum absolute atomic E-state index is 0.111. The van der Waals surface area contributed by atoms with Crippen LogP contribution in [0.25, 0.3) is 5.69 Å². The zero-order valence-electron chi connectivity index (χ0n) is 17.3. The molecule has 8 heteroatoms. The average Bonchev–Trinajstić information content (AvgIpc) is 3.10. The molecule has 1 aliphatic heterocycles. The fourth-order valence-corrected chi connectivity index (χ4v) is 3.63. The fraction of sp³-hybridized carbons (Fsp3) is 0.476. The molecule has 156 valence electrons. The maximum Gasteiger partial charge on any atom is 0.257 e. The van der Waals surface area contributed by atoms with Crippen LogP contribution in [0.3, 0.4) is 0 Å². The minimum Gasteiger partial charge on any atom is -0.342 e. The lowest BCUT2D eigenvalue weighted by molar-refractivity contribution is -0.132. The number of carbonyl (C=O) groups excluding carboxylic acids is 2. The van der Waals surface area contributed by atoms with Crippen LogP contribution in [0.1, 0.15) is 29.9 Å². The Bertz CT molecular complexity index is 870. The maximum absolute atomic E-state index is 14.1. The van der Waals surface area contributed by atoms with Crippen molar-refractivity contribution in [2.24, 2.45) is 0 Å². The van der Waals surface area contributed by atoms with E-state index < -0.39 is 0 Å². The van der Waals surface area contributed by atoms with Crippen LogP contribution < -0.4 is 0 Å². The molecule has 0 N–H and O–H groups in total. The lowest BCUT2D eigenvalue weighted by atomic mass is 10.2. The van der Waals surface area contributed by atoms with E-state index in [-0.39, 0.29) is 17.6 Å². The summed E-state index contributed by atoms with van der Waals surface area (Å²) >= 11 is 0. The Balaban J connectivity index is 1.63. The molecule has 1 aromatic carbocycles. The summed E-state index contributed by atoms with van der Waals surface area (Å²) in [4.78, 5) is 30.9. The molecule has 1 aliphatic rings. The van der Waals surface area contributed by atoms with Gasteiger partial charge in [0.2, 0.25) is 5.91 Å². The molecule has 7 nitrogen and oxygen atoms in total. The number of carbonyl (C=O) groups is 2. The summed E-state index contributed by atoms with van der Waals surface area (Å²) in [6, 6.07) is 6.36. The molecule has 29 heavy (non-hydrogen) atoms. The van der Waals surface area contributed by atoms with Crippen molar-refractivity contribution >= 4 is 11.8 Å². The van der Waals surface area contributed by atoms with Gasteiger partial charge in [-0.05, 0) is 32.9 Å². The summed E-state index contributed by atoms with van der Waals surface area (Å²) in [5.41, 5.74) is 1.41. The first kappa shape index (κ1) is 21.0. The van der Waals surface area contributed by atoms with Crippen LogP contribution >= 0.6 is 0 Å². The van der Waals surface area contributed by atoms with E-state index in [1.54, 1.807) is 30.0 Å². The number of para-hydroxylation sites is 1. The number of rotatable bonds is 6. The molecule has 0 aliphatic carbocycles. The Morgan fingerprint density at radius 1 is 1.10 bits per heavy atom. The predicted molar refractivity (Wildman–Crippen MR) is 109 cm³/mol. The number of halogens is 1. The number of piperazine rings is 1. The van der Waals surface area contributed by atoms with Gasteiger partial charge in [0.1, 0.15) is 11.5 Å². The molecule has 1 fully saturated rings. The van der Waals surface area contributed by atoms with Gasteiger partial charge in [-0.2, -0.15) is 5.10 Å². The molecular formula is C21H28FN5O2. The Morgan fingerprint density at radius 3 is 2.38 bits per heavy atom. The van der Waals surface area contributed by atoms with Gasteiger partial charge in [0.15, 0.2) is 0 Å². The van der Waals surface area contributed by atoms with E-state index in [1.807, 2.05) is 18.7 Å². The summed E-state index contributed by atoms with van der Waals surface area (Å²) in [5, 5.41) is 4.22. The van der Waals surface area contributed by atoms with Crippen molar-refractivity contribution < 1.29 is 14.0 Å². The van der Waals surface area contributed by atoms with Gasteiger partial charge < -0.3 is 9.80 Å². The third kappa shape index (κ3) is 4.48. The molecule has 0 atom stereocenters. The first-order valence-corrected chi connectivity index (χ1v) is 10.0. The Hall–Kier alpha value is -2.74. The van der Waals surface area contributed by atoms with Gasteiger partial charge in [-0.15, -0.1) is 0 Å². The highest BCUT2D eigenvalue weighted by Gasteiger charge is 2.26. The van der Waals surface area contributed by atoms with E-state index in [4.69, 9.17) is 0 Å².